The molecule has 0 aromatic rings. The van der Waals surface area contributed by atoms with Gasteiger partial charge >= 0.3 is 0 Å². The number of hydrogen-bond donors (Lipinski definition) is 0. The van der Waals surface area contributed by atoms with E-state index in [0.29, 0.717) is 0 Å². The third kappa shape index (κ3) is 3.76. The molecule has 76 valence electrons. The van der Waals surface area contributed by atoms with Crippen molar-refractivity contribution in [2.24, 2.45) is 0 Å². The van der Waals surface area contributed by atoms with Crippen LogP contribution in [-0.4, -0.2) is 5.75 Å². The second kappa shape index (κ2) is 6.53. The minimum Gasteiger partial charge on any atom is -0.130 e. The van der Waals surface area contributed by atoms with E-state index in [1.54, 1.807) is 10.5 Å². The van der Waals surface area contributed by atoms with E-state index in [2.05, 4.69) is 25.6 Å². The van der Waals surface area contributed by atoms with Gasteiger partial charge in [-0.3, -0.25) is 0 Å². The molecule has 0 nitrogen and oxygen atoms in total. The summed E-state index contributed by atoms with van der Waals surface area (Å²) in [5.41, 5.74) is 1.79. The summed E-state index contributed by atoms with van der Waals surface area (Å²) in [4.78, 5) is 1.75. The van der Waals surface area contributed by atoms with Crippen LogP contribution in [0.25, 0.3) is 0 Å². The topological polar surface area (TPSA) is 0 Å². The van der Waals surface area contributed by atoms with Crippen molar-refractivity contribution in [3.63, 3.8) is 0 Å². The zero-order valence-electron chi connectivity index (χ0n) is 9.07. The molecule has 0 aliphatic carbocycles. The Morgan fingerprint density at radius 3 is 2.46 bits per heavy atom. The molecular formula is C12H22S. The molecule has 0 radical (unpaired) electrons. The van der Waals surface area contributed by atoms with Gasteiger partial charge in [0.1, 0.15) is 0 Å². The molecule has 0 bridgehead atoms. The van der Waals surface area contributed by atoms with Gasteiger partial charge in [-0.25, -0.2) is 0 Å². The largest absolute Gasteiger partial charge is 0.130 e. The van der Waals surface area contributed by atoms with Crippen molar-refractivity contribution in [3.8, 4) is 0 Å². The maximum Gasteiger partial charge on any atom is 0.00144 e. The molecule has 13 heavy (non-hydrogen) atoms. The van der Waals surface area contributed by atoms with Crippen molar-refractivity contribution in [2.45, 2.75) is 58.8 Å². The van der Waals surface area contributed by atoms with Gasteiger partial charge in [0.25, 0.3) is 0 Å². The molecule has 1 rings (SSSR count). The second-order valence-electron chi connectivity index (χ2n) is 3.83. The predicted octanol–water partition coefficient (Wildman–Crippen LogP) is 4.76. The van der Waals surface area contributed by atoms with E-state index in [9.17, 15) is 0 Å². The standard InChI is InChI=1S/C12H22S/c1-3-5-7-11-9-10-13-12(11)8-6-4-2/h3-10H2,1-2H3. The first-order chi connectivity index (χ1) is 6.38. The van der Waals surface area contributed by atoms with Crippen LogP contribution in [0.3, 0.4) is 0 Å². The van der Waals surface area contributed by atoms with Gasteiger partial charge in [0.2, 0.25) is 0 Å². The fraction of sp³-hybridized carbons (Fsp3) is 0.833. The highest BCUT2D eigenvalue weighted by molar-refractivity contribution is 8.03. The zero-order chi connectivity index (χ0) is 9.52. The molecular weight excluding hydrogens is 176 g/mol. The van der Waals surface area contributed by atoms with Gasteiger partial charge in [-0.2, -0.15) is 0 Å². The van der Waals surface area contributed by atoms with Crippen LogP contribution in [-0.2, 0) is 0 Å². The average molecular weight is 198 g/mol. The quantitative estimate of drug-likeness (QED) is 0.593. The molecule has 0 saturated carbocycles. The highest BCUT2D eigenvalue weighted by Gasteiger charge is 2.13. The van der Waals surface area contributed by atoms with Crippen LogP contribution >= 0.6 is 11.8 Å². The van der Waals surface area contributed by atoms with E-state index in [1.165, 1.54) is 50.7 Å². The van der Waals surface area contributed by atoms with Crippen LogP contribution in [0.15, 0.2) is 10.5 Å². The Labute approximate surface area is 87.2 Å². The predicted molar refractivity (Wildman–Crippen MR) is 63.2 cm³/mol. The summed E-state index contributed by atoms with van der Waals surface area (Å²) in [5.74, 6) is 1.36. The summed E-state index contributed by atoms with van der Waals surface area (Å²) in [6.45, 7) is 4.57. The highest BCUT2D eigenvalue weighted by Crippen LogP contribution is 2.37. The lowest BCUT2D eigenvalue weighted by Gasteiger charge is -2.04. The van der Waals surface area contributed by atoms with E-state index >= 15 is 0 Å². The van der Waals surface area contributed by atoms with Crippen molar-refractivity contribution in [1.82, 2.24) is 0 Å². The Balaban J connectivity index is 2.35. The lowest BCUT2D eigenvalue weighted by Crippen LogP contribution is -1.84. The van der Waals surface area contributed by atoms with Crippen LogP contribution in [0, 0.1) is 0 Å². The van der Waals surface area contributed by atoms with Gasteiger partial charge in [0.15, 0.2) is 0 Å². The summed E-state index contributed by atoms with van der Waals surface area (Å²) >= 11 is 2.12. The first-order valence-electron chi connectivity index (χ1n) is 5.72. The number of rotatable bonds is 6. The first kappa shape index (κ1) is 11.2. The van der Waals surface area contributed by atoms with Crippen LogP contribution in [0.5, 0.6) is 0 Å². The van der Waals surface area contributed by atoms with Crippen molar-refractivity contribution in [2.75, 3.05) is 5.75 Å². The number of thioether (sulfide) groups is 1. The van der Waals surface area contributed by atoms with E-state index in [4.69, 9.17) is 0 Å². The van der Waals surface area contributed by atoms with E-state index in [1.807, 2.05) is 0 Å². The van der Waals surface area contributed by atoms with E-state index in [-0.39, 0.29) is 0 Å². The lowest BCUT2D eigenvalue weighted by atomic mass is 10.0. The fourth-order valence-electron chi connectivity index (χ4n) is 1.78. The monoisotopic (exact) mass is 198 g/mol. The van der Waals surface area contributed by atoms with Gasteiger partial charge in [-0.15, -0.1) is 11.8 Å². The molecule has 0 atom stereocenters. The molecule has 0 N–H and O–H groups in total. The summed E-state index contributed by atoms with van der Waals surface area (Å²) in [6.07, 6.45) is 9.58. The van der Waals surface area contributed by atoms with E-state index in [0.717, 1.165) is 0 Å². The molecule has 1 heterocycles. The van der Waals surface area contributed by atoms with Gasteiger partial charge in [-0.05, 0) is 37.0 Å². The fourth-order valence-corrected chi connectivity index (χ4v) is 3.07. The minimum atomic E-state index is 1.34. The van der Waals surface area contributed by atoms with E-state index < -0.39 is 0 Å². The molecule has 1 heteroatoms. The Hall–Kier alpha value is 0.0900. The number of unbranched alkanes of at least 4 members (excludes halogenated alkanes) is 2. The Bertz CT molecular complexity index is 152. The SMILES string of the molecule is CCCCC1=C(CCCC)SCC1. The Morgan fingerprint density at radius 1 is 1.08 bits per heavy atom. The van der Waals surface area contributed by atoms with Crippen molar-refractivity contribution < 1.29 is 0 Å². The normalized spacial score (nSPS) is 17.1. The Kier molecular flexibility index (Phi) is 5.61. The molecule has 0 unspecified atom stereocenters. The average Bonchev–Trinajstić information content (AvgIpc) is 2.59. The van der Waals surface area contributed by atoms with Crippen LogP contribution in [0.4, 0.5) is 0 Å². The summed E-state index contributed by atoms with van der Waals surface area (Å²) in [7, 11) is 0. The number of hydrogen-bond acceptors (Lipinski definition) is 1. The summed E-state index contributed by atoms with van der Waals surface area (Å²) in [6, 6.07) is 0. The zero-order valence-corrected chi connectivity index (χ0v) is 9.88. The van der Waals surface area contributed by atoms with Gasteiger partial charge in [-0.1, -0.05) is 32.3 Å². The summed E-state index contributed by atoms with van der Waals surface area (Å²) < 4.78 is 0. The van der Waals surface area contributed by atoms with Crippen LogP contribution in [0.2, 0.25) is 0 Å². The molecule has 0 spiro atoms. The maximum absolute atomic E-state index is 2.29. The van der Waals surface area contributed by atoms with Crippen molar-refractivity contribution in [3.05, 3.63) is 10.5 Å². The lowest BCUT2D eigenvalue weighted by molar-refractivity contribution is 0.752. The van der Waals surface area contributed by atoms with Crippen molar-refractivity contribution in [1.29, 1.82) is 0 Å². The maximum atomic E-state index is 2.29. The number of allylic oxidation sites excluding steroid dienone is 2. The van der Waals surface area contributed by atoms with Gasteiger partial charge in [0, 0.05) is 5.75 Å². The molecule has 0 aromatic heterocycles. The highest BCUT2D eigenvalue weighted by atomic mass is 32.2. The second-order valence-corrected chi connectivity index (χ2v) is 5.02. The molecule has 1 aliphatic heterocycles. The van der Waals surface area contributed by atoms with Gasteiger partial charge in [0.05, 0.1) is 0 Å². The molecule has 1 aliphatic rings. The molecule has 0 saturated heterocycles. The van der Waals surface area contributed by atoms with Gasteiger partial charge < -0.3 is 0 Å². The molecule has 0 amide bonds. The third-order valence-corrected chi connectivity index (χ3v) is 3.91. The van der Waals surface area contributed by atoms with Crippen LogP contribution < -0.4 is 0 Å². The third-order valence-electron chi connectivity index (χ3n) is 2.66. The van der Waals surface area contributed by atoms with Crippen LogP contribution in [0.1, 0.15) is 58.8 Å². The van der Waals surface area contributed by atoms with Crippen molar-refractivity contribution >= 4 is 11.8 Å². The molecule has 0 aromatic carbocycles. The smallest absolute Gasteiger partial charge is 0.00144 e. The summed E-state index contributed by atoms with van der Waals surface area (Å²) in [5, 5.41) is 0. The minimum absolute atomic E-state index is 1.34. The molecule has 0 fully saturated rings. The Morgan fingerprint density at radius 2 is 1.77 bits per heavy atom. The first-order valence-corrected chi connectivity index (χ1v) is 6.70.